The molecule has 0 atom stereocenters. The second kappa shape index (κ2) is 4.99. The number of nitrogens with one attached hydrogen (secondary N) is 2. The number of para-hydroxylation sites is 1. The molecule has 0 fully saturated rings. The summed E-state index contributed by atoms with van der Waals surface area (Å²) in [6.07, 6.45) is 0. The molecule has 4 N–H and O–H groups in total. The van der Waals surface area contributed by atoms with E-state index in [2.05, 4.69) is 15.4 Å². The topological polar surface area (TPSA) is 76.0 Å². The van der Waals surface area contributed by atoms with E-state index in [0.29, 0.717) is 6.61 Å². The number of rotatable bonds is 4. The zero-order chi connectivity index (χ0) is 13.1. The number of nitrogens with zero attached hydrogens (tertiary/aromatic N) is 1. The number of fused-ring (bicyclic) bond motifs is 1. The number of imidazole rings is 1. The maximum atomic E-state index is 5.64. The van der Waals surface area contributed by atoms with Gasteiger partial charge in [-0.1, -0.05) is 18.2 Å². The van der Waals surface area contributed by atoms with Gasteiger partial charge in [-0.05, 0) is 30.3 Å². The average Bonchev–Trinajstić information content (AvgIpc) is 2.88. The van der Waals surface area contributed by atoms with Crippen LogP contribution in [0.5, 0.6) is 5.75 Å². The fourth-order valence-electron chi connectivity index (χ4n) is 1.89. The van der Waals surface area contributed by atoms with E-state index in [4.69, 9.17) is 10.6 Å². The summed E-state index contributed by atoms with van der Waals surface area (Å²) in [5.41, 5.74) is 5.27. The first-order valence-electron chi connectivity index (χ1n) is 5.98. The molecule has 3 aromatic rings. The van der Waals surface area contributed by atoms with Gasteiger partial charge in [0.1, 0.15) is 18.2 Å². The number of aromatic nitrogens is 2. The Morgan fingerprint density at radius 3 is 2.79 bits per heavy atom. The maximum Gasteiger partial charge on any atom is 0.146 e. The minimum atomic E-state index is 0.407. The van der Waals surface area contributed by atoms with Crippen molar-refractivity contribution in [2.45, 2.75) is 6.61 Å². The molecule has 96 valence electrons. The Kier molecular flexibility index (Phi) is 3.04. The summed E-state index contributed by atoms with van der Waals surface area (Å²) >= 11 is 0. The number of H-pyrrole nitrogens is 1. The van der Waals surface area contributed by atoms with Crippen LogP contribution in [0.25, 0.3) is 11.0 Å². The van der Waals surface area contributed by atoms with Gasteiger partial charge >= 0.3 is 0 Å². The number of ether oxygens (including phenoxy) is 1. The van der Waals surface area contributed by atoms with E-state index in [1.54, 1.807) is 0 Å². The Balaban J connectivity index is 1.78. The standard InChI is InChI=1S/C14H14N4O/c15-18-10-6-7-12-13(8-10)17-14(16-12)9-19-11-4-2-1-3-5-11/h1-8,18H,9,15H2,(H,16,17). The first-order valence-corrected chi connectivity index (χ1v) is 5.98. The third-order valence-electron chi connectivity index (χ3n) is 2.82. The van der Waals surface area contributed by atoms with Gasteiger partial charge in [0.2, 0.25) is 0 Å². The molecule has 5 nitrogen and oxygen atoms in total. The number of hydrogen-bond donors (Lipinski definition) is 3. The molecule has 0 aliphatic carbocycles. The summed E-state index contributed by atoms with van der Waals surface area (Å²) in [6.45, 7) is 0.407. The molecule has 0 spiro atoms. The van der Waals surface area contributed by atoms with Crippen molar-refractivity contribution in [2.24, 2.45) is 5.84 Å². The van der Waals surface area contributed by atoms with Crippen LogP contribution < -0.4 is 16.0 Å². The molecule has 19 heavy (non-hydrogen) atoms. The summed E-state index contributed by atoms with van der Waals surface area (Å²) in [7, 11) is 0. The highest BCUT2D eigenvalue weighted by Gasteiger charge is 2.04. The lowest BCUT2D eigenvalue weighted by Gasteiger charge is -2.02. The van der Waals surface area contributed by atoms with E-state index in [0.717, 1.165) is 28.3 Å². The molecule has 1 heterocycles. The number of benzene rings is 2. The van der Waals surface area contributed by atoms with Gasteiger partial charge in [-0.25, -0.2) is 4.98 Å². The molecule has 5 heteroatoms. The second-order valence-electron chi connectivity index (χ2n) is 4.16. The highest BCUT2D eigenvalue weighted by atomic mass is 16.5. The average molecular weight is 254 g/mol. The fourth-order valence-corrected chi connectivity index (χ4v) is 1.89. The van der Waals surface area contributed by atoms with Crippen molar-refractivity contribution in [2.75, 3.05) is 5.43 Å². The minimum absolute atomic E-state index is 0.407. The zero-order valence-electron chi connectivity index (χ0n) is 10.3. The Hall–Kier alpha value is -2.53. The van der Waals surface area contributed by atoms with Gasteiger partial charge in [0, 0.05) is 0 Å². The van der Waals surface area contributed by atoms with E-state index < -0.39 is 0 Å². The van der Waals surface area contributed by atoms with Crippen molar-refractivity contribution in [1.82, 2.24) is 9.97 Å². The van der Waals surface area contributed by atoms with E-state index in [-0.39, 0.29) is 0 Å². The summed E-state index contributed by atoms with van der Waals surface area (Å²) in [6, 6.07) is 15.4. The van der Waals surface area contributed by atoms with Crippen molar-refractivity contribution in [3.05, 3.63) is 54.4 Å². The van der Waals surface area contributed by atoms with E-state index in [9.17, 15) is 0 Å². The molecule has 0 aliphatic heterocycles. The van der Waals surface area contributed by atoms with E-state index in [1.165, 1.54) is 0 Å². The summed E-state index contributed by atoms with van der Waals surface area (Å²) < 4.78 is 5.64. The summed E-state index contributed by atoms with van der Waals surface area (Å²) in [4.78, 5) is 7.66. The van der Waals surface area contributed by atoms with Crippen LogP contribution in [0.15, 0.2) is 48.5 Å². The monoisotopic (exact) mass is 254 g/mol. The van der Waals surface area contributed by atoms with Crippen LogP contribution in [-0.4, -0.2) is 9.97 Å². The maximum absolute atomic E-state index is 5.64. The van der Waals surface area contributed by atoms with Crippen molar-refractivity contribution in [3.63, 3.8) is 0 Å². The molecular weight excluding hydrogens is 240 g/mol. The van der Waals surface area contributed by atoms with E-state index >= 15 is 0 Å². The Labute approximate surface area is 110 Å². The van der Waals surface area contributed by atoms with Gasteiger partial charge in [-0.15, -0.1) is 0 Å². The molecule has 0 saturated carbocycles. The third kappa shape index (κ3) is 2.51. The van der Waals surface area contributed by atoms with Crippen molar-refractivity contribution in [1.29, 1.82) is 0 Å². The first-order chi connectivity index (χ1) is 9.35. The molecule has 0 unspecified atom stereocenters. The minimum Gasteiger partial charge on any atom is -0.486 e. The predicted molar refractivity (Wildman–Crippen MR) is 74.7 cm³/mol. The normalized spacial score (nSPS) is 10.6. The molecule has 0 amide bonds. The summed E-state index contributed by atoms with van der Waals surface area (Å²) in [5, 5.41) is 0. The van der Waals surface area contributed by atoms with Gasteiger partial charge in [-0.2, -0.15) is 0 Å². The van der Waals surface area contributed by atoms with Crippen LogP contribution >= 0.6 is 0 Å². The molecule has 0 aliphatic rings. The Morgan fingerprint density at radius 2 is 2.00 bits per heavy atom. The molecule has 0 saturated heterocycles. The molecule has 2 aromatic carbocycles. The first kappa shape index (κ1) is 11.6. The Bertz CT molecular complexity index is 678. The van der Waals surface area contributed by atoms with Crippen LogP contribution in [0.4, 0.5) is 5.69 Å². The largest absolute Gasteiger partial charge is 0.486 e. The fraction of sp³-hybridized carbons (Fsp3) is 0.0714. The van der Waals surface area contributed by atoms with Gasteiger partial charge < -0.3 is 15.1 Å². The number of aromatic amines is 1. The number of nitrogen functional groups attached to an aromatic ring is 1. The highest BCUT2D eigenvalue weighted by Crippen LogP contribution is 2.17. The van der Waals surface area contributed by atoms with Crippen LogP contribution in [0, 0.1) is 0 Å². The number of hydrogen-bond acceptors (Lipinski definition) is 4. The van der Waals surface area contributed by atoms with Crippen LogP contribution in [0.3, 0.4) is 0 Å². The van der Waals surface area contributed by atoms with Crippen LogP contribution in [0.2, 0.25) is 0 Å². The highest BCUT2D eigenvalue weighted by molar-refractivity contribution is 5.79. The molecule has 3 rings (SSSR count). The van der Waals surface area contributed by atoms with Crippen molar-refractivity contribution in [3.8, 4) is 5.75 Å². The van der Waals surface area contributed by atoms with Crippen molar-refractivity contribution >= 4 is 16.7 Å². The number of anilines is 1. The van der Waals surface area contributed by atoms with Crippen molar-refractivity contribution < 1.29 is 4.74 Å². The van der Waals surface area contributed by atoms with Gasteiger partial charge in [0.05, 0.1) is 16.7 Å². The SMILES string of the molecule is NNc1ccc2nc(COc3ccccc3)[nH]c2c1. The third-order valence-corrected chi connectivity index (χ3v) is 2.82. The van der Waals surface area contributed by atoms with Gasteiger partial charge in [0.15, 0.2) is 0 Å². The van der Waals surface area contributed by atoms with Crippen LogP contribution in [0.1, 0.15) is 5.82 Å². The Morgan fingerprint density at radius 1 is 1.16 bits per heavy atom. The number of nitrogens with two attached hydrogens (primary N) is 1. The lowest BCUT2D eigenvalue weighted by molar-refractivity contribution is 0.297. The van der Waals surface area contributed by atoms with Gasteiger partial charge in [-0.3, -0.25) is 5.84 Å². The lowest BCUT2D eigenvalue weighted by Crippen LogP contribution is -2.05. The smallest absolute Gasteiger partial charge is 0.146 e. The predicted octanol–water partition coefficient (Wildman–Crippen LogP) is 2.43. The molecule has 0 radical (unpaired) electrons. The summed E-state index contributed by atoms with van der Waals surface area (Å²) in [5.74, 6) is 6.98. The molecule has 1 aromatic heterocycles. The van der Waals surface area contributed by atoms with E-state index in [1.807, 2.05) is 48.5 Å². The van der Waals surface area contributed by atoms with Crippen LogP contribution in [-0.2, 0) is 6.61 Å². The second-order valence-corrected chi connectivity index (χ2v) is 4.16. The quantitative estimate of drug-likeness (QED) is 0.493. The van der Waals surface area contributed by atoms with Gasteiger partial charge in [0.25, 0.3) is 0 Å². The lowest BCUT2D eigenvalue weighted by atomic mass is 10.3. The number of hydrazine groups is 1. The molecule has 0 bridgehead atoms. The zero-order valence-corrected chi connectivity index (χ0v) is 10.3. The molecular formula is C14H14N4O.